The molecule has 3 aromatic rings. The summed E-state index contributed by atoms with van der Waals surface area (Å²) in [5.41, 5.74) is 0.954. The van der Waals surface area contributed by atoms with Crippen LogP contribution in [0.2, 0.25) is 0 Å². The van der Waals surface area contributed by atoms with Crippen LogP contribution in [0.4, 0.5) is 4.39 Å². The number of hydrogen-bond donors (Lipinski definition) is 0. The molecule has 0 unspecified atom stereocenters. The third-order valence-corrected chi connectivity index (χ3v) is 4.65. The zero-order chi connectivity index (χ0) is 18.1. The third kappa shape index (κ3) is 3.22. The van der Waals surface area contributed by atoms with E-state index in [0.29, 0.717) is 16.5 Å². The van der Waals surface area contributed by atoms with Crippen molar-refractivity contribution in [1.82, 2.24) is 14.7 Å². The smallest absolute Gasteiger partial charge is 0.244 e. The molecule has 2 aromatic carbocycles. The highest BCUT2D eigenvalue weighted by molar-refractivity contribution is 5.81. The van der Waals surface area contributed by atoms with Gasteiger partial charge < -0.3 is 4.90 Å². The van der Waals surface area contributed by atoms with Gasteiger partial charge in [-0.3, -0.25) is 14.3 Å². The third-order valence-electron chi connectivity index (χ3n) is 4.65. The Bertz CT molecular complexity index is 1030. The van der Waals surface area contributed by atoms with E-state index in [1.807, 2.05) is 6.07 Å². The maximum Gasteiger partial charge on any atom is 0.244 e. The summed E-state index contributed by atoms with van der Waals surface area (Å²) in [5.74, 6) is -0.435. The molecule has 0 saturated heterocycles. The number of rotatable bonds is 5. The molecule has 26 heavy (non-hydrogen) atoms. The molecule has 1 aliphatic carbocycles. The summed E-state index contributed by atoms with van der Waals surface area (Å²) in [5, 5.41) is 4.65. The van der Waals surface area contributed by atoms with Crippen LogP contribution in [0.25, 0.3) is 10.9 Å². The number of amides is 1. The molecule has 1 heterocycles. The number of fused-ring (bicyclic) bond motifs is 1. The second-order valence-electron chi connectivity index (χ2n) is 6.53. The molecule has 0 aliphatic heterocycles. The standard InChI is InChI=1S/C20H18FN3O2/c21-17-7-3-1-5-14(17)12-23(15-9-10-15)20(26)13-24-18-8-4-2-6-16(18)19(25)11-22-24/h1-8,11,15H,9-10,12-13H2. The predicted molar refractivity (Wildman–Crippen MR) is 96.0 cm³/mol. The quantitative estimate of drug-likeness (QED) is 0.710. The first kappa shape index (κ1) is 16.4. The molecule has 0 radical (unpaired) electrons. The van der Waals surface area contributed by atoms with Gasteiger partial charge in [-0.1, -0.05) is 30.3 Å². The molecular weight excluding hydrogens is 333 g/mol. The van der Waals surface area contributed by atoms with Gasteiger partial charge in [-0.2, -0.15) is 5.10 Å². The molecule has 1 amide bonds. The summed E-state index contributed by atoms with van der Waals surface area (Å²) in [4.78, 5) is 26.6. The maximum atomic E-state index is 14.0. The summed E-state index contributed by atoms with van der Waals surface area (Å²) >= 11 is 0. The van der Waals surface area contributed by atoms with Crippen molar-refractivity contribution in [3.63, 3.8) is 0 Å². The Morgan fingerprint density at radius 3 is 2.65 bits per heavy atom. The molecule has 4 rings (SSSR count). The van der Waals surface area contributed by atoms with Crippen LogP contribution in [0.5, 0.6) is 0 Å². The molecule has 0 bridgehead atoms. The van der Waals surface area contributed by atoms with Gasteiger partial charge in [0.1, 0.15) is 12.4 Å². The second-order valence-corrected chi connectivity index (χ2v) is 6.53. The normalized spacial score (nSPS) is 13.7. The number of halogens is 1. The first-order valence-electron chi connectivity index (χ1n) is 8.61. The van der Waals surface area contributed by atoms with E-state index in [9.17, 15) is 14.0 Å². The van der Waals surface area contributed by atoms with E-state index >= 15 is 0 Å². The highest BCUT2D eigenvalue weighted by Gasteiger charge is 2.33. The largest absolute Gasteiger partial charge is 0.334 e. The van der Waals surface area contributed by atoms with Crippen LogP contribution in [-0.4, -0.2) is 26.6 Å². The minimum Gasteiger partial charge on any atom is -0.334 e. The lowest BCUT2D eigenvalue weighted by molar-refractivity contribution is -0.133. The molecule has 6 heteroatoms. The molecule has 1 fully saturated rings. The Labute approximate surface area is 149 Å². The zero-order valence-electron chi connectivity index (χ0n) is 14.1. The molecule has 1 aromatic heterocycles. The van der Waals surface area contributed by atoms with E-state index in [4.69, 9.17) is 0 Å². The predicted octanol–water partition coefficient (Wildman–Crippen LogP) is 2.73. The number of carbonyl (C=O) groups excluding carboxylic acids is 1. The average Bonchev–Trinajstić information content (AvgIpc) is 3.48. The lowest BCUT2D eigenvalue weighted by Gasteiger charge is -2.23. The fourth-order valence-corrected chi connectivity index (χ4v) is 3.12. The van der Waals surface area contributed by atoms with Crippen molar-refractivity contribution in [2.24, 2.45) is 0 Å². The van der Waals surface area contributed by atoms with Gasteiger partial charge in [-0.15, -0.1) is 0 Å². The van der Waals surface area contributed by atoms with Crippen molar-refractivity contribution in [3.8, 4) is 0 Å². The second kappa shape index (κ2) is 6.71. The van der Waals surface area contributed by atoms with Crippen LogP contribution >= 0.6 is 0 Å². The molecular formula is C20H18FN3O2. The van der Waals surface area contributed by atoms with E-state index in [2.05, 4.69) is 5.10 Å². The van der Waals surface area contributed by atoms with Crippen molar-refractivity contribution >= 4 is 16.8 Å². The Morgan fingerprint density at radius 1 is 1.15 bits per heavy atom. The topological polar surface area (TPSA) is 55.2 Å². The molecule has 5 nitrogen and oxygen atoms in total. The SMILES string of the molecule is O=C(Cn1ncc(=O)c2ccccc21)N(Cc1ccccc1F)C1CC1. The lowest BCUT2D eigenvalue weighted by atomic mass is 10.2. The highest BCUT2D eigenvalue weighted by Crippen LogP contribution is 2.29. The molecule has 1 aliphatic rings. The number of aromatic nitrogens is 2. The number of hydrogen-bond acceptors (Lipinski definition) is 3. The van der Waals surface area contributed by atoms with E-state index in [0.717, 1.165) is 12.8 Å². The van der Waals surface area contributed by atoms with Gasteiger partial charge in [-0.25, -0.2) is 4.39 Å². The van der Waals surface area contributed by atoms with Gasteiger partial charge in [0.05, 0.1) is 11.7 Å². The molecule has 0 N–H and O–H groups in total. The van der Waals surface area contributed by atoms with Gasteiger partial charge >= 0.3 is 0 Å². The van der Waals surface area contributed by atoms with E-state index < -0.39 is 0 Å². The van der Waals surface area contributed by atoms with Gasteiger partial charge in [0.25, 0.3) is 0 Å². The number of para-hydroxylation sites is 1. The molecule has 0 spiro atoms. The van der Waals surface area contributed by atoms with Crippen molar-refractivity contribution in [2.45, 2.75) is 32.0 Å². The summed E-state index contributed by atoms with van der Waals surface area (Å²) in [6.07, 6.45) is 3.09. The van der Waals surface area contributed by atoms with Gasteiger partial charge in [0.15, 0.2) is 0 Å². The Hall–Kier alpha value is -3.02. The minimum atomic E-state index is -0.308. The van der Waals surface area contributed by atoms with Crippen LogP contribution in [0.15, 0.2) is 59.5 Å². The average molecular weight is 351 g/mol. The summed E-state index contributed by atoms with van der Waals surface area (Å²) in [6, 6.07) is 13.7. The van der Waals surface area contributed by atoms with Crippen LogP contribution < -0.4 is 5.43 Å². The Balaban J connectivity index is 1.61. The monoisotopic (exact) mass is 351 g/mol. The summed E-state index contributed by atoms with van der Waals surface area (Å²) in [6.45, 7) is 0.264. The van der Waals surface area contributed by atoms with Crippen molar-refractivity contribution in [2.75, 3.05) is 0 Å². The molecule has 1 saturated carbocycles. The number of carbonyl (C=O) groups is 1. The summed E-state index contributed by atoms with van der Waals surface area (Å²) < 4.78 is 15.5. The van der Waals surface area contributed by atoms with Gasteiger partial charge in [0, 0.05) is 23.5 Å². The van der Waals surface area contributed by atoms with E-state index in [-0.39, 0.29) is 36.3 Å². The zero-order valence-corrected chi connectivity index (χ0v) is 14.1. The van der Waals surface area contributed by atoms with Crippen molar-refractivity contribution in [1.29, 1.82) is 0 Å². The van der Waals surface area contributed by atoms with Crippen molar-refractivity contribution in [3.05, 3.63) is 76.3 Å². The van der Waals surface area contributed by atoms with E-state index in [1.165, 1.54) is 16.9 Å². The lowest BCUT2D eigenvalue weighted by Crippen LogP contribution is -2.36. The Morgan fingerprint density at radius 2 is 1.88 bits per heavy atom. The summed E-state index contributed by atoms with van der Waals surface area (Å²) in [7, 11) is 0. The fraction of sp³-hybridized carbons (Fsp3) is 0.250. The van der Waals surface area contributed by atoms with Gasteiger partial charge in [0.2, 0.25) is 11.3 Å². The molecule has 132 valence electrons. The molecule has 0 atom stereocenters. The van der Waals surface area contributed by atoms with Crippen LogP contribution in [-0.2, 0) is 17.9 Å². The first-order chi connectivity index (χ1) is 12.6. The Kier molecular flexibility index (Phi) is 4.24. The fourth-order valence-electron chi connectivity index (χ4n) is 3.12. The van der Waals surface area contributed by atoms with Crippen LogP contribution in [0.1, 0.15) is 18.4 Å². The van der Waals surface area contributed by atoms with Crippen molar-refractivity contribution < 1.29 is 9.18 Å². The number of nitrogens with zero attached hydrogens (tertiary/aromatic N) is 3. The van der Waals surface area contributed by atoms with Crippen LogP contribution in [0.3, 0.4) is 0 Å². The van der Waals surface area contributed by atoms with E-state index in [1.54, 1.807) is 41.3 Å². The highest BCUT2D eigenvalue weighted by atomic mass is 19.1. The maximum absolute atomic E-state index is 14.0. The van der Waals surface area contributed by atoms with Crippen LogP contribution in [0, 0.1) is 5.82 Å². The minimum absolute atomic E-state index is 0.0196. The number of benzene rings is 2. The first-order valence-corrected chi connectivity index (χ1v) is 8.61. The van der Waals surface area contributed by atoms with Gasteiger partial charge in [-0.05, 0) is 31.0 Å².